The lowest BCUT2D eigenvalue weighted by molar-refractivity contribution is -0.384. The second kappa shape index (κ2) is 12.2. The maximum atomic E-state index is 13.0. The molecule has 13 heteroatoms. The lowest BCUT2D eigenvalue weighted by Crippen LogP contribution is -2.29. The van der Waals surface area contributed by atoms with Crippen LogP contribution in [0.1, 0.15) is 24.2 Å². The summed E-state index contributed by atoms with van der Waals surface area (Å²) in [6.45, 7) is 4.81. The normalized spacial score (nSPS) is 11.2. The van der Waals surface area contributed by atoms with Crippen LogP contribution in [0, 0.1) is 10.1 Å². The van der Waals surface area contributed by atoms with Crippen molar-refractivity contribution in [2.75, 3.05) is 51.6 Å². The molecule has 0 fully saturated rings. The van der Waals surface area contributed by atoms with Crippen LogP contribution in [0.15, 0.2) is 42.9 Å². The highest BCUT2D eigenvalue weighted by Crippen LogP contribution is 2.39. The van der Waals surface area contributed by atoms with Gasteiger partial charge in [0, 0.05) is 68.9 Å². The standard InChI is InChI=1S/C28H34N8O5/c1-17(2)41-27(37)19-15-30-28(32-25(19)20-16-35(6)26-18(20)9-8-10-29-26)31-21-13-23(36(38)39)22(14-24(21)40-7)34(5)12-11-33(3)4/h8-10,13-17H,11-12H2,1-7H3,(H,30,31,32). The van der Waals surface area contributed by atoms with E-state index in [1.807, 2.05) is 47.8 Å². The van der Waals surface area contributed by atoms with Crippen LogP contribution in [0.3, 0.4) is 0 Å². The van der Waals surface area contributed by atoms with Gasteiger partial charge in [-0.15, -0.1) is 0 Å². The molecule has 0 saturated carbocycles. The summed E-state index contributed by atoms with van der Waals surface area (Å²) in [5.74, 6) is -0.0887. The topological polar surface area (TPSA) is 141 Å². The summed E-state index contributed by atoms with van der Waals surface area (Å²) < 4.78 is 12.9. The van der Waals surface area contributed by atoms with Gasteiger partial charge >= 0.3 is 5.97 Å². The minimum Gasteiger partial charge on any atom is -0.494 e. The molecule has 4 aromatic rings. The van der Waals surface area contributed by atoms with Crippen LogP contribution < -0.4 is 15.0 Å². The van der Waals surface area contributed by atoms with Gasteiger partial charge in [0.05, 0.1) is 29.5 Å². The number of hydrogen-bond donors (Lipinski definition) is 1. The van der Waals surface area contributed by atoms with Crippen LogP contribution in [0.25, 0.3) is 22.3 Å². The van der Waals surface area contributed by atoms with E-state index < -0.39 is 10.9 Å². The Kier molecular flexibility index (Phi) is 8.67. The number of pyridine rings is 1. The number of esters is 1. The van der Waals surface area contributed by atoms with Gasteiger partial charge in [-0.25, -0.2) is 19.7 Å². The Hall–Kier alpha value is -4.78. The second-order valence-corrected chi connectivity index (χ2v) is 10.1. The van der Waals surface area contributed by atoms with Gasteiger partial charge in [0.1, 0.15) is 22.6 Å². The highest BCUT2D eigenvalue weighted by molar-refractivity contribution is 6.02. The van der Waals surface area contributed by atoms with Gasteiger partial charge in [0.2, 0.25) is 5.95 Å². The molecule has 0 atom stereocenters. The van der Waals surface area contributed by atoms with E-state index >= 15 is 0 Å². The summed E-state index contributed by atoms with van der Waals surface area (Å²) >= 11 is 0. The monoisotopic (exact) mass is 562 g/mol. The predicted molar refractivity (Wildman–Crippen MR) is 157 cm³/mol. The van der Waals surface area contributed by atoms with Crippen LogP contribution in [0.5, 0.6) is 5.75 Å². The molecule has 216 valence electrons. The van der Waals surface area contributed by atoms with Crippen molar-refractivity contribution in [3.8, 4) is 17.0 Å². The number of carbonyl (C=O) groups excluding carboxylic acids is 1. The molecule has 0 saturated heterocycles. The Morgan fingerprint density at radius 3 is 2.61 bits per heavy atom. The fourth-order valence-electron chi connectivity index (χ4n) is 4.34. The Bertz CT molecular complexity index is 1580. The first-order valence-electron chi connectivity index (χ1n) is 13.0. The smallest absolute Gasteiger partial charge is 0.342 e. The van der Waals surface area contributed by atoms with E-state index in [2.05, 4.69) is 20.3 Å². The Morgan fingerprint density at radius 2 is 1.95 bits per heavy atom. The summed E-state index contributed by atoms with van der Waals surface area (Å²) in [5.41, 5.74) is 2.49. The maximum absolute atomic E-state index is 13.0. The zero-order valence-corrected chi connectivity index (χ0v) is 24.2. The quantitative estimate of drug-likeness (QED) is 0.159. The first-order chi connectivity index (χ1) is 19.5. The van der Waals surface area contributed by atoms with E-state index in [-0.39, 0.29) is 23.3 Å². The molecule has 0 amide bonds. The molecule has 0 bridgehead atoms. The van der Waals surface area contributed by atoms with Gasteiger partial charge in [-0.3, -0.25) is 10.1 Å². The molecule has 0 radical (unpaired) electrons. The van der Waals surface area contributed by atoms with Gasteiger partial charge in [0.15, 0.2) is 0 Å². The molecular formula is C28H34N8O5. The average Bonchev–Trinajstić information content (AvgIpc) is 3.27. The number of aryl methyl sites for hydroxylation is 1. The Labute approximate surface area is 237 Å². The first kappa shape index (κ1) is 29.2. The molecule has 0 spiro atoms. The van der Waals surface area contributed by atoms with Gasteiger partial charge in [-0.1, -0.05) is 0 Å². The number of carbonyl (C=O) groups is 1. The first-order valence-corrected chi connectivity index (χ1v) is 13.0. The van der Waals surface area contributed by atoms with Crippen LogP contribution in [0.2, 0.25) is 0 Å². The number of nitrogens with one attached hydrogen (secondary N) is 1. The number of likely N-dealkylation sites (N-methyl/N-ethyl adjacent to an activating group) is 2. The fourth-order valence-corrected chi connectivity index (χ4v) is 4.34. The highest BCUT2D eigenvalue weighted by atomic mass is 16.6. The number of benzene rings is 1. The van der Waals surface area contributed by atoms with Crippen molar-refractivity contribution < 1.29 is 19.2 Å². The number of aromatic nitrogens is 4. The molecule has 3 aromatic heterocycles. The number of ether oxygens (including phenoxy) is 2. The number of anilines is 3. The minimum absolute atomic E-state index is 0.105. The summed E-state index contributed by atoms with van der Waals surface area (Å²) in [6, 6.07) is 6.70. The molecule has 3 heterocycles. The van der Waals surface area contributed by atoms with E-state index in [0.717, 1.165) is 5.39 Å². The highest BCUT2D eigenvalue weighted by Gasteiger charge is 2.25. The number of nitrogens with zero attached hydrogens (tertiary/aromatic N) is 7. The molecule has 1 N–H and O–H groups in total. The Balaban J connectivity index is 1.81. The van der Waals surface area contributed by atoms with Crippen LogP contribution in [-0.2, 0) is 11.8 Å². The number of rotatable bonds is 11. The van der Waals surface area contributed by atoms with Crippen LogP contribution in [0.4, 0.5) is 23.0 Å². The van der Waals surface area contributed by atoms with Crippen molar-refractivity contribution >= 4 is 40.0 Å². The molecule has 41 heavy (non-hydrogen) atoms. The largest absolute Gasteiger partial charge is 0.494 e. The third kappa shape index (κ3) is 6.35. The van der Waals surface area contributed by atoms with Gasteiger partial charge in [-0.05, 0) is 40.1 Å². The number of methoxy groups -OCH3 is 1. The van der Waals surface area contributed by atoms with Crippen molar-refractivity contribution in [1.29, 1.82) is 0 Å². The fraction of sp³-hybridized carbons (Fsp3) is 0.357. The SMILES string of the molecule is COc1cc(N(C)CCN(C)C)c([N+](=O)[O-])cc1Nc1ncc(C(=O)OC(C)C)c(-c2cn(C)c3ncccc23)n1. The zero-order chi connectivity index (χ0) is 29.8. The average molecular weight is 563 g/mol. The summed E-state index contributed by atoms with van der Waals surface area (Å²) in [7, 11) is 9.00. The van der Waals surface area contributed by atoms with Crippen LogP contribution >= 0.6 is 0 Å². The van der Waals surface area contributed by atoms with E-state index in [4.69, 9.17) is 9.47 Å². The number of nitro benzene ring substituents is 1. The van der Waals surface area contributed by atoms with Gasteiger partial charge in [-0.2, -0.15) is 0 Å². The molecule has 0 aliphatic rings. The van der Waals surface area contributed by atoms with E-state index in [9.17, 15) is 14.9 Å². The third-order valence-electron chi connectivity index (χ3n) is 6.37. The van der Waals surface area contributed by atoms with E-state index in [0.29, 0.717) is 47.1 Å². The van der Waals surface area contributed by atoms with Crippen molar-refractivity contribution in [2.24, 2.45) is 7.05 Å². The number of hydrogen-bond acceptors (Lipinski definition) is 11. The molecule has 0 aliphatic heterocycles. The van der Waals surface area contributed by atoms with E-state index in [1.165, 1.54) is 19.4 Å². The zero-order valence-electron chi connectivity index (χ0n) is 24.2. The molecule has 0 aliphatic carbocycles. The van der Waals surface area contributed by atoms with Crippen molar-refractivity contribution in [3.63, 3.8) is 0 Å². The summed E-state index contributed by atoms with van der Waals surface area (Å²) in [4.78, 5) is 41.9. The third-order valence-corrected chi connectivity index (χ3v) is 6.37. The van der Waals surface area contributed by atoms with Crippen molar-refractivity contribution in [2.45, 2.75) is 20.0 Å². The lowest BCUT2D eigenvalue weighted by atomic mass is 10.1. The number of fused-ring (bicyclic) bond motifs is 1. The number of nitro groups is 1. The molecular weight excluding hydrogens is 528 g/mol. The van der Waals surface area contributed by atoms with Gasteiger partial charge < -0.3 is 29.2 Å². The second-order valence-electron chi connectivity index (χ2n) is 10.1. The Morgan fingerprint density at radius 1 is 1.20 bits per heavy atom. The minimum atomic E-state index is -0.569. The molecule has 0 unspecified atom stereocenters. The van der Waals surface area contributed by atoms with Crippen molar-refractivity contribution in [3.05, 3.63) is 58.5 Å². The molecule has 13 nitrogen and oxygen atoms in total. The van der Waals surface area contributed by atoms with E-state index in [1.54, 1.807) is 39.2 Å². The summed E-state index contributed by atoms with van der Waals surface area (Å²) in [6.07, 6.45) is 4.56. The van der Waals surface area contributed by atoms with Gasteiger partial charge in [0.25, 0.3) is 5.69 Å². The lowest BCUT2D eigenvalue weighted by Gasteiger charge is -2.22. The predicted octanol–water partition coefficient (Wildman–Crippen LogP) is 4.25. The molecule has 4 rings (SSSR count). The van der Waals surface area contributed by atoms with Crippen LogP contribution in [-0.4, -0.2) is 82.8 Å². The maximum Gasteiger partial charge on any atom is 0.342 e. The summed E-state index contributed by atoms with van der Waals surface area (Å²) in [5, 5.41) is 15.9. The van der Waals surface area contributed by atoms with Crippen molar-refractivity contribution in [1.82, 2.24) is 24.4 Å². The molecule has 1 aromatic carbocycles.